The standard InChI is InChI=1S/C20H18ClFN2O3S2/c1-2-11-24-17-10-5-14(21)13-18(17)28-20(24)23-19(25)4-3-12-29(26,27)16-8-6-15(22)7-9-16/h2,5-10,13H,1,3-4,11-12H2. The van der Waals surface area contributed by atoms with Gasteiger partial charge >= 0.3 is 0 Å². The van der Waals surface area contributed by atoms with Gasteiger partial charge in [0.2, 0.25) is 5.91 Å². The van der Waals surface area contributed by atoms with Crippen molar-refractivity contribution in [3.63, 3.8) is 0 Å². The first-order valence-electron chi connectivity index (χ1n) is 8.76. The summed E-state index contributed by atoms with van der Waals surface area (Å²) in [5, 5.41) is 0.591. The number of thiazole rings is 1. The molecule has 0 aliphatic heterocycles. The maximum Gasteiger partial charge on any atom is 0.248 e. The van der Waals surface area contributed by atoms with Crippen molar-refractivity contribution in [2.45, 2.75) is 24.3 Å². The van der Waals surface area contributed by atoms with Crippen LogP contribution in [0.4, 0.5) is 4.39 Å². The monoisotopic (exact) mass is 452 g/mol. The van der Waals surface area contributed by atoms with E-state index in [2.05, 4.69) is 11.6 Å². The first kappa shape index (κ1) is 21.4. The van der Waals surface area contributed by atoms with Gasteiger partial charge in [-0.25, -0.2) is 12.8 Å². The third-order valence-electron chi connectivity index (χ3n) is 4.15. The lowest BCUT2D eigenvalue weighted by Crippen LogP contribution is -2.16. The van der Waals surface area contributed by atoms with E-state index in [1.807, 2.05) is 10.6 Å². The van der Waals surface area contributed by atoms with Crippen LogP contribution in [0.15, 0.2) is 65.0 Å². The van der Waals surface area contributed by atoms with Gasteiger partial charge in [0.25, 0.3) is 0 Å². The van der Waals surface area contributed by atoms with Gasteiger partial charge in [-0.3, -0.25) is 4.79 Å². The van der Waals surface area contributed by atoms with Crippen LogP contribution >= 0.6 is 22.9 Å². The van der Waals surface area contributed by atoms with Crippen LogP contribution in [0.5, 0.6) is 0 Å². The summed E-state index contributed by atoms with van der Waals surface area (Å²) in [6.45, 7) is 4.21. The maximum absolute atomic E-state index is 13.0. The summed E-state index contributed by atoms with van der Waals surface area (Å²) >= 11 is 7.37. The topological polar surface area (TPSA) is 68.5 Å². The quantitative estimate of drug-likeness (QED) is 0.395. The van der Waals surface area contributed by atoms with Crippen molar-refractivity contribution >= 4 is 48.9 Å². The second kappa shape index (κ2) is 9.02. The zero-order chi connectivity index (χ0) is 21.0. The summed E-state index contributed by atoms with van der Waals surface area (Å²) in [7, 11) is -3.58. The fourth-order valence-corrected chi connectivity index (χ4v) is 5.42. The number of halogens is 2. The zero-order valence-electron chi connectivity index (χ0n) is 15.3. The van der Waals surface area contributed by atoms with Crippen molar-refractivity contribution in [2.24, 2.45) is 4.99 Å². The van der Waals surface area contributed by atoms with Crippen molar-refractivity contribution in [3.05, 3.63) is 70.8 Å². The molecule has 0 saturated heterocycles. The highest BCUT2D eigenvalue weighted by Crippen LogP contribution is 2.22. The molecular formula is C20H18ClFN2O3S2. The van der Waals surface area contributed by atoms with Crippen LogP contribution in [0.25, 0.3) is 10.2 Å². The number of nitrogens with zero attached hydrogens (tertiary/aromatic N) is 2. The molecule has 3 rings (SSSR count). The number of hydrogen-bond acceptors (Lipinski definition) is 4. The number of sulfone groups is 1. The molecule has 2 aromatic carbocycles. The molecule has 0 spiro atoms. The van der Waals surface area contributed by atoms with Crippen LogP contribution in [0.2, 0.25) is 5.02 Å². The molecule has 0 radical (unpaired) electrons. The molecule has 1 aromatic heterocycles. The Bertz CT molecular complexity index is 1230. The lowest BCUT2D eigenvalue weighted by Gasteiger charge is -2.03. The molecule has 152 valence electrons. The Labute approximate surface area is 176 Å². The Morgan fingerprint density at radius 1 is 1.24 bits per heavy atom. The number of benzene rings is 2. The van der Waals surface area contributed by atoms with Crippen molar-refractivity contribution in [3.8, 4) is 0 Å². The van der Waals surface area contributed by atoms with Gasteiger partial charge < -0.3 is 4.57 Å². The lowest BCUT2D eigenvalue weighted by atomic mass is 10.3. The van der Waals surface area contributed by atoms with Crippen LogP contribution in [0.3, 0.4) is 0 Å². The number of fused-ring (bicyclic) bond motifs is 1. The molecule has 0 unspecified atom stereocenters. The van der Waals surface area contributed by atoms with Crippen molar-refractivity contribution in [1.82, 2.24) is 4.57 Å². The Hall–Kier alpha value is -2.29. The van der Waals surface area contributed by atoms with Crippen LogP contribution in [0.1, 0.15) is 12.8 Å². The van der Waals surface area contributed by atoms with Gasteiger partial charge in [0.05, 0.1) is 20.9 Å². The van der Waals surface area contributed by atoms with Crippen LogP contribution in [-0.2, 0) is 21.2 Å². The van der Waals surface area contributed by atoms with Crippen molar-refractivity contribution in [2.75, 3.05) is 5.75 Å². The Morgan fingerprint density at radius 2 is 1.97 bits per heavy atom. The second-order valence-corrected chi connectivity index (χ2v) is 9.83. The molecule has 0 fully saturated rings. The van der Waals surface area contributed by atoms with E-state index in [1.165, 1.54) is 23.5 Å². The minimum absolute atomic E-state index is 0.0104. The van der Waals surface area contributed by atoms with E-state index in [4.69, 9.17) is 11.6 Å². The van der Waals surface area contributed by atoms with E-state index in [0.717, 1.165) is 22.3 Å². The summed E-state index contributed by atoms with van der Waals surface area (Å²) < 4.78 is 40.3. The number of aromatic nitrogens is 1. The largest absolute Gasteiger partial charge is 0.313 e. The zero-order valence-corrected chi connectivity index (χ0v) is 17.7. The molecular weight excluding hydrogens is 435 g/mol. The number of allylic oxidation sites excluding steroid dienone is 1. The molecule has 0 bridgehead atoms. The number of hydrogen-bond donors (Lipinski definition) is 0. The molecule has 0 aliphatic carbocycles. The molecule has 29 heavy (non-hydrogen) atoms. The number of rotatable bonds is 7. The molecule has 1 amide bonds. The molecule has 5 nitrogen and oxygen atoms in total. The molecule has 3 aromatic rings. The Balaban J connectivity index is 1.74. The third kappa shape index (κ3) is 5.20. The maximum atomic E-state index is 13.0. The summed E-state index contributed by atoms with van der Waals surface area (Å²) in [5.74, 6) is -1.13. The summed E-state index contributed by atoms with van der Waals surface area (Å²) in [4.78, 5) is 17.0. The SMILES string of the molecule is C=CCn1c(=NC(=O)CCCS(=O)(=O)c2ccc(F)cc2)sc2cc(Cl)ccc21. The lowest BCUT2D eigenvalue weighted by molar-refractivity contribution is -0.118. The molecule has 9 heteroatoms. The van der Waals surface area contributed by atoms with Gasteiger partial charge in [-0.1, -0.05) is 29.0 Å². The molecule has 1 heterocycles. The average molecular weight is 453 g/mol. The van der Waals surface area contributed by atoms with Crippen LogP contribution in [0, 0.1) is 5.82 Å². The highest BCUT2D eigenvalue weighted by molar-refractivity contribution is 7.91. The minimum atomic E-state index is -3.58. The molecule has 0 aliphatic rings. The van der Waals surface area contributed by atoms with E-state index in [0.29, 0.717) is 16.4 Å². The fourth-order valence-electron chi connectivity index (χ4n) is 2.77. The van der Waals surface area contributed by atoms with E-state index in [9.17, 15) is 17.6 Å². The summed E-state index contributed by atoms with van der Waals surface area (Å²) in [6.07, 6.45) is 1.82. The highest BCUT2D eigenvalue weighted by Gasteiger charge is 2.15. The van der Waals surface area contributed by atoms with E-state index in [-0.39, 0.29) is 23.5 Å². The average Bonchev–Trinajstić information content (AvgIpc) is 2.98. The Morgan fingerprint density at radius 3 is 2.66 bits per heavy atom. The normalized spacial score (nSPS) is 12.4. The van der Waals surface area contributed by atoms with Gasteiger partial charge in [-0.05, 0) is 48.9 Å². The molecule has 0 N–H and O–H groups in total. The van der Waals surface area contributed by atoms with Crippen LogP contribution in [-0.4, -0.2) is 24.6 Å². The number of amides is 1. The van der Waals surface area contributed by atoms with Crippen molar-refractivity contribution < 1.29 is 17.6 Å². The minimum Gasteiger partial charge on any atom is -0.313 e. The number of carbonyl (C=O) groups is 1. The smallest absolute Gasteiger partial charge is 0.248 e. The summed E-state index contributed by atoms with van der Waals surface area (Å²) in [5.41, 5.74) is 0.893. The predicted molar refractivity (Wildman–Crippen MR) is 113 cm³/mol. The second-order valence-electron chi connectivity index (χ2n) is 6.28. The van der Waals surface area contributed by atoms with E-state index >= 15 is 0 Å². The van der Waals surface area contributed by atoms with Crippen LogP contribution < -0.4 is 4.80 Å². The van der Waals surface area contributed by atoms with Gasteiger partial charge in [-0.2, -0.15) is 4.99 Å². The van der Waals surface area contributed by atoms with Crippen molar-refractivity contribution in [1.29, 1.82) is 0 Å². The van der Waals surface area contributed by atoms with Gasteiger partial charge in [0.1, 0.15) is 5.82 Å². The molecule has 0 atom stereocenters. The first-order valence-corrected chi connectivity index (χ1v) is 11.6. The van der Waals surface area contributed by atoms with E-state index < -0.39 is 21.6 Å². The van der Waals surface area contributed by atoms with Gasteiger partial charge in [-0.15, -0.1) is 6.58 Å². The van der Waals surface area contributed by atoms with Gasteiger partial charge in [0, 0.05) is 18.0 Å². The number of carbonyl (C=O) groups excluding carboxylic acids is 1. The molecule has 0 saturated carbocycles. The Kier molecular flexibility index (Phi) is 6.66. The van der Waals surface area contributed by atoms with Gasteiger partial charge in [0.15, 0.2) is 14.6 Å². The highest BCUT2D eigenvalue weighted by atomic mass is 35.5. The summed E-state index contributed by atoms with van der Waals surface area (Å²) in [6, 6.07) is 10.1. The first-order chi connectivity index (χ1) is 13.8. The fraction of sp³-hybridized carbons (Fsp3) is 0.200. The third-order valence-corrected chi connectivity index (χ3v) is 7.25. The van der Waals surface area contributed by atoms with E-state index in [1.54, 1.807) is 18.2 Å². The predicted octanol–water partition coefficient (Wildman–Crippen LogP) is 4.36.